The second kappa shape index (κ2) is 2.82. The normalized spacial score (nSPS) is 31.4. The Morgan fingerprint density at radius 3 is 2.62 bits per heavy atom. The number of aryl methyl sites for hydroxylation is 1. The van der Waals surface area contributed by atoms with Crippen LogP contribution in [0.2, 0.25) is 0 Å². The highest BCUT2D eigenvalue weighted by molar-refractivity contribution is 7.10. The molecule has 2 atom stereocenters. The van der Waals surface area contributed by atoms with E-state index in [1.807, 2.05) is 11.3 Å². The molecule has 0 spiro atoms. The van der Waals surface area contributed by atoms with Gasteiger partial charge in [-0.25, -0.2) is 0 Å². The van der Waals surface area contributed by atoms with E-state index in [0.29, 0.717) is 5.92 Å². The molecular formula is C11H16OS. The molecule has 1 saturated carbocycles. The predicted octanol–water partition coefficient (Wildman–Crippen LogP) is 2.93. The summed E-state index contributed by atoms with van der Waals surface area (Å²) in [4.78, 5) is 1.47. The molecule has 1 N–H and O–H groups in total. The van der Waals surface area contributed by atoms with Crippen LogP contribution in [0.25, 0.3) is 0 Å². The second-order valence-electron chi connectivity index (χ2n) is 4.59. The van der Waals surface area contributed by atoms with Crippen LogP contribution in [0.3, 0.4) is 0 Å². The SMILES string of the molecule is Cc1ccsc1C1CC(O)C1(C)C. The quantitative estimate of drug-likeness (QED) is 0.732. The topological polar surface area (TPSA) is 20.2 Å². The van der Waals surface area contributed by atoms with Gasteiger partial charge in [-0.1, -0.05) is 13.8 Å². The first kappa shape index (κ1) is 9.22. The van der Waals surface area contributed by atoms with Gasteiger partial charge in [0.1, 0.15) is 0 Å². The molecular weight excluding hydrogens is 180 g/mol. The fraction of sp³-hybridized carbons (Fsp3) is 0.636. The zero-order chi connectivity index (χ0) is 9.64. The van der Waals surface area contributed by atoms with Crippen molar-refractivity contribution in [2.75, 3.05) is 0 Å². The van der Waals surface area contributed by atoms with Gasteiger partial charge in [0.05, 0.1) is 6.10 Å². The second-order valence-corrected chi connectivity index (χ2v) is 5.54. The van der Waals surface area contributed by atoms with Crippen LogP contribution in [-0.2, 0) is 0 Å². The van der Waals surface area contributed by atoms with Crippen LogP contribution >= 0.6 is 11.3 Å². The summed E-state index contributed by atoms with van der Waals surface area (Å²) in [5.41, 5.74) is 1.46. The van der Waals surface area contributed by atoms with Gasteiger partial charge in [0.15, 0.2) is 0 Å². The van der Waals surface area contributed by atoms with Crippen molar-refractivity contribution >= 4 is 11.3 Å². The standard InChI is InChI=1S/C11H16OS/c1-7-4-5-13-10(7)8-6-9(12)11(8,2)3/h4-5,8-9,12H,6H2,1-3H3. The summed E-state index contributed by atoms with van der Waals surface area (Å²) >= 11 is 1.83. The summed E-state index contributed by atoms with van der Waals surface area (Å²) in [6, 6.07) is 2.17. The van der Waals surface area contributed by atoms with E-state index >= 15 is 0 Å². The van der Waals surface area contributed by atoms with Crippen molar-refractivity contribution in [3.8, 4) is 0 Å². The number of hydrogen-bond acceptors (Lipinski definition) is 2. The third-order valence-electron chi connectivity index (χ3n) is 3.43. The van der Waals surface area contributed by atoms with Crippen LogP contribution in [0.5, 0.6) is 0 Å². The molecule has 0 bridgehead atoms. The summed E-state index contributed by atoms with van der Waals surface area (Å²) in [5, 5.41) is 11.8. The third-order valence-corrected chi connectivity index (χ3v) is 4.57. The predicted molar refractivity (Wildman–Crippen MR) is 56.2 cm³/mol. The largest absolute Gasteiger partial charge is 0.393 e. The van der Waals surface area contributed by atoms with Gasteiger partial charge < -0.3 is 5.11 Å². The Hall–Kier alpha value is -0.340. The Bertz CT molecular complexity index is 314. The van der Waals surface area contributed by atoms with Gasteiger partial charge in [-0.15, -0.1) is 11.3 Å². The highest BCUT2D eigenvalue weighted by Crippen LogP contribution is 2.54. The van der Waals surface area contributed by atoms with Gasteiger partial charge in [-0.05, 0) is 35.8 Å². The minimum atomic E-state index is -0.112. The molecule has 0 radical (unpaired) electrons. The van der Waals surface area contributed by atoms with E-state index in [0.717, 1.165) is 6.42 Å². The Morgan fingerprint density at radius 2 is 2.23 bits per heavy atom. The molecule has 1 heterocycles. The molecule has 72 valence electrons. The van der Waals surface area contributed by atoms with Gasteiger partial charge >= 0.3 is 0 Å². The summed E-state index contributed by atoms with van der Waals surface area (Å²) in [6.45, 7) is 6.47. The number of aliphatic hydroxyl groups excluding tert-OH is 1. The minimum absolute atomic E-state index is 0.0790. The molecule has 13 heavy (non-hydrogen) atoms. The van der Waals surface area contributed by atoms with E-state index in [1.165, 1.54) is 10.4 Å². The molecule has 1 nitrogen and oxygen atoms in total. The zero-order valence-corrected chi connectivity index (χ0v) is 9.19. The van der Waals surface area contributed by atoms with Gasteiger partial charge in [0.25, 0.3) is 0 Å². The van der Waals surface area contributed by atoms with E-state index in [1.54, 1.807) is 0 Å². The Morgan fingerprint density at radius 1 is 1.54 bits per heavy atom. The number of thiophene rings is 1. The molecule has 1 fully saturated rings. The molecule has 1 aromatic rings. The fourth-order valence-electron chi connectivity index (χ4n) is 2.09. The van der Waals surface area contributed by atoms with E-state index in [9.17, 15) is 5.11 Å². The first-order valence-electron chi connectivity index (χ1n) is 4.75. The maximum absolute atomic E-state index is 9.64. The molecule has 2 heteroatoms. The number of aliphatic hydroxyl groups is 1. The lowest BCUT2D eigenvalue weighted by atomic mass is 9.59. The van der Waals surface area contributed by atoms with Crippen LogP contribution in [0.15, 0.2) is 11.4 Å². The van der Waals surface area contributed by atoms with Crippen molar-refractivity contribution < 1.29 is 5.11 Å². The zero-order valence-electron chi connectivity index (χ0n) is 8.37. The van der Waals surface area contributed by atoms with Crippen molar-refractivity contribution in [1.29, 1.82) is 0 Å². The molecule has 0 saturated heterocycles. The Kier molecular flexibility index (Phi) is 2.00. The van der Waals surface area contributed by atoms with Crippen molar-refractivity contribution in [2.45, 2.75) is 39.2 Å². The highest BCUT2D eigenvalue weighted by Gasteiger charge is 2.48. The molecule has 2 unspecified atom stereocenters. The van der Waals surface area contributed by atoms with E-state index in [-0.39, 0.29) is 11.5 Å². The Balaban J connectivity index is 2.26. The smallest absolute Gasteiger partial charge is 0.0603 e. The van der Waals surface area contributed by atoms with Crippen molar-refractivity contribution in [3.63, 3.8) is 0 Å². The maximum atomic E-state index is 9.64. The molecule has 1 aliphatic carbocycles. The molecule has 1 aromatic heterocycles. The van der Waals surface area contributed by atoms with E-state index < -0.39 is 0 Å². The molecule has 0 aliphatic heterocycles. The molecule has 0 amide bonds. The van der Waals surface area contributed by atoms with Gasteiger partial charge in [-0.3, -0.25) is 0 Å². The van der Waals surface area contributed by atoms with Crippen LogP contribution in [0, 0.1) is 12.3 Å². The number of rotatable bonds is 1. The summed E-state index contributed by atoms with van der Waals surface area (Å²) in [5.74, 6) is 0.572. The summed E-state index contributed by atoms with van der Waals surface area (Å²) in [7, 11) is 0. The molecule has 0 aromatic carbocycles. The first-order chi connectivity index (χ1) is 6.03. The summed E-state index contributed by atoms with van der Waals surface area (Å²) in [6.07, 6.45) is 0.827. The van der Waals surface area contributed by atoms with Crippen LogP contribution in [0.4, 0.5) is 0 Å². The summed E-state index contributed by atoms with van der Waals surface area (Å²) < 4.78 is 0. The van der Waals surface area contributed by atoms with Gasteiger partial charge in [-0.2, -0.15) is 0 Å². The van der Waals surface area contributed by atoms with Crippen molar-refractivity contribution in [2.24, 2.45) is 5.41 Å². The molecule has 1 aliphatic rings. The van der Waals surface area contributed by atoms with E-state index in [4.69, 9.17) is 0 Å². The fourth-order valence-corrected chi connectivity index (χ4v) is 3.33. The van der Waals surface area contributed by atoms with E-state index in [2.05, 4.69) is 32.2 Å². The lowest BCUT2D eigenvalue weighted by Crippen LogP contribution is -2.47. The lowest BCUT2D eigenvalue weighted by Gasteiger charge is -2.49. The average molecular weight is 196 g/mol. The lowest BCUT2D eigenvalue weighted by molar-refractivity contribution is -0.0615. The van der Waals surface area contributed by atoms with Crippen LogP contribution in [-0.4, -0.2) is 11.2 Å². The van der Waals surface area contributed by atoms with Crippen molar-refractivity contribution in [3.05, 3.63) is 21.9 Å². The maximum Gasteiger partial charge on any atom is 0.0603 e. The monoisotopic (exact) mass is 196 g/mol. The Labute approximate surface area is 83.4 Å². The van der Waals surface area contributed by atoms with Crippen molar-refractivity contribution in [1.82, 2.24) is 0 Å². The number of hydrogen-bond donors (Lipinski definition) is 1. The highest BCUT2D eigenvalue weighted by atomic mass is 32.1. The first-order valence-corrected chi connectivity index (χ1v) is 5.63. The average Bonchev–Trinajstić information content (AvgIpc) is 2.47. The van der Waals surface area contributed by atoms with Crippen LogP contribution in [0.1, 0.15) is 36.6 Å². The van der Waals surface area contributed by atoms with Gasteiger partial charge in [0, 0.05) is 10.8 Å². The minimum Gasteiger partial charge on any atom is -0.393 e. The van der Waals surface area contributed by atoms with Crippen LogP contribution < -0.4 is 0 Å². The molecule has 2 rings (SSSR count). The van der Waals surface area contributed by atoms with Gasteiger partial charge in [0.2, 0.25) is 0 Å². The third kappa shape index (κ3) is 1.24.